The molecule has 294 valence electrons. The van der Waals surface area contributed by atoms with Crippen LogP contribution in [0.1, 0.15) is 84.2 Å². The maximum Gasteiger partial charge on any atom is 0.252 e. The van der Waals surface area contributed by atoms with Crippen molar-refractivity contribution in [3.05, 3.63) is 47.5 Å². The summed E-state index contributed by atoms with van der Waals surface area (Å²) in [7, 11) is 5.31. The van der Waals surface area contributed by atoms with E-state index in [1.165, 1.54) is 0 Å². The van der Waals surface area contributed by atoms with Gasteiger partial charge in [0, 0.05) is 48.9 Å². The molecule has 2 fully saturated rings. The number of carbonyl (C=O) groups is 3. The van der Waals surface area contributed by atoms with Gasteiger partial charge in [0.2, 0.25) is 11.8 Å². The number of primary amides is 1. The molecule has 53 heavy (non-hydrogen) atoms. The fourth-order valence-electron chi connectivity index (χ4n) is 8.40. The largest absolute Gasteiger partial charge is 0.496 e. The zero-order valence-electron chi connectivity index (χ0n) is 33.5. The zero-order valence-corrected chi connectivity index (χ0v) is 33.5. The van der Waals surface area contributed by atoms with Gasteiger partial charge in [0.25, 0.3) is 5.91 Å². The number of nitrogens with two attached hydrogens (primary N) is 1. The number of hydroxylamine groups is 2. The van der Waals surface area contributed by atoms with E-state index in [0.717, 1.165) is 12.1 Å². The molecule has 2 aromatic rings. The molecule has 2 aromatic carbocycles. The molecule has 12 nitrogen and oxygen atoms in total. The van der Waals surface area contributed by atoms with Crippen molar-refractivity contribution in [1.29, 1.82) is 0 Å². The SMILES string of the molecule is COc1c(CN2O[C@@H](CO)[C@@H]([C@H](C)O)[C@H]2C(=O)NC[C@@H](C)[C@@H]2C[C@H](C)C2(C)C)cccc1-c1cc(C(=O)NC(C)(CC(C)C)C(N)=O)cc(N(C)C)c1. The first-order chi connectivity index (χ1) is 24.7. The first-order valence-electron chi connectivity index (χ1n) is 18.9. The van der Waals surface area contributed by atoms with E-state index in [-0.39, 0.29) is 36.3 Å². The fourth-order valence-corrected chi connectivity index (χ4v) is 8.40. The standard InChI is InChI=1S/C41H63N5O7/c1-23(2)19-41(8,39(42)51)44-37(49)29-16-28(17-30(18-29)45(9)10)31-14-12-13-27(36(31)52-11)21-46-35(34(26(5)48)33(22-47)53-46)38(50)43-20-24(3)32-15-25(4)40(32,6)7/h12-14,16-18,23-26,32-35,47-48H,15,19-22H2,1-11H3,(H2,42,51)(H,43,50)(H,44,49)/t24-,25+,26+,32+,33+,34-,35+,41?/m1/s1. The molecule has 0 spiro atoms. The number of hydrogen-bond donors (Lipinski definition) is 5. The molecule has 0 bridgehead atoms. The van der Waals surface area contributed by atoms with Gasteiger partial charge in [-0.2, -0.15) is 5.06 Å². The Balaban J connectivity index is 1.67. The minimum absolute atomic E-state index is 0.115. The number of aliphatic hydroxyl groups excluding tert-OH is 2. The van der Waals surface area contributed by atoms with E-state index in [1.54, 1.807) is 38.2 Å². The lowest BCUT2D eigenvalue weighted by Crippen LogP contribution is -2.56. The van der Waals surface area contributed by atoms with Crippen LogP contribution in [0.5, 0.6) is 5.75 Å². The summed E-state index contributed by atoms with van der Waals surface area (Å²) in [5.41, 5.74) is 7.90. The third-order valence-corrected chi connectivity index (χ3v) is 11.9. The van der Waals surface area contributed by atoms with Gasteiger partial charge >= 0.3 is 0 Å². The van der Waals surface area contributed by atoms with Crippen LogP contribution in [0.4, 0.5) is 5.69 Å². The lowest BCUT2D eigenvalue weighted by atomic mass is 9.52. The van der Waals surface area contributed by atoms with Gasteiger partial charge in [-0.1, -0.05) is 59.7 Å². The van der Waals surface area contributed by atoms with Crippen LogP contribution in [0.3, 0.4) is 0 Å². The summed E-state index contributed by atoms with van der Waals surface area (Å²) in [5.74, 6) is 0.0149. The van der Waals surface area contributed by atoms with Crippen molar-refractivity contribution >= 4 is 23.4 Å². The molecule has 1 aliphatic heterocycles. The van der Waals surface area contributed by atoms with Gasteiger partial charge in [0.05, 0.1) is 26.4 Å². The minimum Gasteiger partial charge on any atom is -0.496 e. The number of aliphatic hydroxyl groups is 2. The lowest BCUT2D eigenvalue weighted by molar-refractivity contribution is -0.182. The monoisotopic (exact) mass is 737 g/mol. The highest BCUT2D eigenvalue weighted by atomic mass is 16.7. The molecular formula is C41H63N5O7. The highest BCUT2D eigenvalue weighted by molar-refractivity contribution is 6.00. The summed E-state index contributed by atoms with van der Waals surface area (Å²) < 4.78 is 6.02. The Labute approximate surface area is 315 Å². The second-order valence-corrected chi connectivity index (χ2v) is 16.9. The van der Waals surface area contributed by atoms with Crippen LogP contribution in [0, 0.1) is 35.0 Å². The fraction of sp³-hybridized carbons (Fsp3) is 0.634. The van der Waals surface area contributed by atoms with Gasteiger partial charge in [0.1, 0.15) is 23.4 Å². The summed E-state index contributed by atoms with van der Waals surface area (Å²) in [6, 6.07) is 10.2. The van der Waals surface area contributed by atoms with Crippen molar-refractivity contribution in [1.82, 2.24) is 15.7 Å². The number of nitrogens with one attached hydrogen (secondary N) is 2. The second-order valence-electron chi connectivity index (χ2n) is 16.9. The van der Waals surface area contributed by atoms with Crippen molar-refractivity contribution in [3.8, 4) is 16.9 Å². The van der Waals surface area contributed by atoms with E-state index >= 15 is 0 Å². The van der Waals surface area contributed by atoms with Crippen LogP contribution in [0.2, 0.25) is 0 Å². The Morgan fingerprint density at radius 1 is 1.15 bits per heavy atom. The van der Waals surface area contributed by atoms with Crippen LogP contribution in [-0.2, 0) is 21.0 Å². The molecule has 0 radical (unpaired) electrons. The summed E-state index contributed by atoms with van der Waals surface area (Å²) in [4.78, 5) is 48.3. The molecule has 1 unspecified atom stereocenters. The van der Waals surface area contributed by atoms with Gasteiger partial charge in [-0.15, -0.1) is 0 Å². The molecule has 6 N–H and O–H groups in total. The Hall–Kier alpha value is -3.71. The Morgan fingerprint density at radius 3 is 2.36 bits per heavy atom. The van der Waals surface area contributed by atoms with Crippen LogP contribution in [0.15, 0.2) is 36.4 Å². The quantitative estimate of drug-likeness (QED) is 0.168. The Morgan fingerprint density at radius 2 is 1.83 bits per heavy atom. The van der Waals surface area contributed by atoms with Gasteiger partial charge in [0.15, 0.2) is 0 Å². The lowest BCUT2D eigenvalue weighted by Gasteiger charge is -2.53. The van der Waals surface area contributed by atoms with Crippen LogP contribution >= 0.6 is 0 Å². The first kappa shape index (κ1) is 42.0. The van der Waals surface area contributed by atoms with Gasteiger partial charge in [-0.3, -0.25) is 19.2 Å². The number of benzene rings is 2. The van der Waals surface area contributed by atoms with Crippen molar-refractivity contribution in [3.63, 3.8) is 0 Å². The molecular weight excluding hydrogens is 674 g/mol. The molecule has 3 amide bonds. The van der Waals surface area contributed by atoms with E-state index in [1.807, 2.05) is 57.1 Å². The number of carbonyl (C=O) groups excluding carboxylic acids is 3. The predicted octanol–water partition coefficient (Wildman–Crippen LogP) is 4.36. The van der Waals surface area contributed by atoms with E-state index in [4.69, 9.17) is 15.3 Å². The smallest absolute Gasteiger partial charge is 0.252 e. The summed E-state index contributed by atoms with van der Waals surface area (Å²) in [6.45, 7) is 16.4. The maximum atomic E-state index is 14.0. The Kier molecular flexibility index (Phi) is 13.3. The molecule has 1 saturated carbocycles. The summed E-state index contributed by atoms with van der Waals surface area (Å²) >= 11 is 0. The molecule has 2 aliphatic rings. The zero-order chi connectivity index (χ0) is 39.6. The molecule has 1 aliphatic carbocycles. The topological polar surface area (TPSA) is 167 Å². The van der Waals surface area contributed by atoms with Gasteiger partial charge in [-0.25, -0.2) is 0 Å². The highest BCUT2D eigenvalue weighted by Gasteiger charge is 2.50. The first-order valence-corrected chi connectivity index (χ1v) is 18.9. The molecule has 12 heteroatoms. The number of ether oxygens (including phenoxy) is 1. The maximum absolute atomic E-state index is 14.0. The molecule has 8 atom stereocenters. The van der Waals surface area contributed by atoms with E-state index in [9.17, 15) is 24.6 Å². The van der Waals surface area contributed by atoms with Crippen molar-refractivity contribution in [2.24, 2.45) is 40.7 Å². The van der Waals surface area contributed by atoms with Crippen molar-refractivity contribution < 1.29 is 34.2 Å². The van der Waals surface area contributed by atoms with E-state index in [2.05, 4.69) is 38.3 Å². The van der Waals surface area contributed by atoms with Crippen molar-refractivity contribution in [2.75, 3.05) is 39.3 Å². The molecule has 4 rings (SSSR count). The van der Waals surface area contributed by atoms with Gasteiger partial charge in [-0.05, 0) is 79.5 Å². The van der Waals surface area contributed by atoms with Gasteiger partial charge < -0.3 is 36.2 Å². The number of anilines is 1. The normalized spacial score (nSPS) is 24.8. The Bertz CT molecular complexity index is 1630. The highest BCUT2D eigenvalue weighted by Crippen LogP contribution is 2.54. The number of para-hydroxylation sites is 1. The third-order valence-electron chi connectivity index (χ3n) is 11.9. The molecule has 1 saturated heterocycles. The predicted molar refractivity (Wildman–Crippen MR) is 207 cm³/mol. The van der Waals surface area contributed by atoms with Crippen LogP contribution < -0.4 is 26.0 Å². The minimum atomic E-state index is -1.24. The second kappa shape index (κ2) is 16.8. The number of amides is 3. The van der Waals surface area contributed by atoms with Crippen molar-refractivity contribution in [2.45, 2.75) is 98.6 Å². The molecule has 1 heterocycles. The summed E-state index contributed by atoms with van der Waals surface area (Å²) in [5, 5.41) is 28.7. The third kappa shape index (κ3) is 8.99. The molecule has 0 aromatic heterocycles. The van der Waals surface area contributed by atoms with Crippen LogP contribution in [-0.4, -0.2) is 91.1 Å². The van der Waals surface area contributed by atoms with E-state index < -0.39 is 41.5 Å². The number of methoxy groups -OCH3 is 1. The average Bonchev–Trinajstić information content (AvgIpc) is 3.47. The number of rotatable bonds is 16. The summed E-state index contributed by atoms with van der Waals surface area (Å²) in [6.07, 6.45) is -0.217. The number of hydrogen-bond acceptors (Lipinski definition) is 9. The average molecular weight is 738 g/mol. The van der Waals surface area contributed by atoms with E-state index in [0.29, 0.717) is 52.8 Å². The number of nitrogens with zero attached hydrogens (tertiary/aromatic N) is 2. The van der Waals surface area contributed by atoms with Crippen LogP contribution in [0.25, 0.3) is 11.1 Å².